The van der Waals surface area contributed by atoms with Crippen molar-refractivity contribution in [2.45, 2.75) is 25.5 Å². The predicted molar refractivity (Wildman–Crippen MR) is 77.0 cm³/mol. The molecule has 0 fully saturated rings. The summed E-state index contributed by atoms with van der Waals surface area (Å²) in [5.74, 6) is 0.256. The van der Waals surface area contributed by atoms with Gasteiger partial charge < -0.3 is 5.32 Å². The van der Waals surface area contributed by atoms with Gasteiger partial charge in [0.1, 0.15) is 0 Å². The Morgan fingerprint density at radius 2 is 2.11 bits per heavy atom. The summed E-state index contributed by atoms with van der Waals surface area (Å²) in [6.45, 7) is 6.16. The average Bonchev–Trinajstić information content (AvgIpc) is 2.27. The molecule has 18 heavy (non-hydrogen) atoms. The van der Waals surface area contributed by atoms with Crippen LogP contribution in [0.4, 0.5) is 0 Å². The van der Waals surface area contributed by atoms with E-state index >= 15 is 0 Å². The fourth-order valence-electron chi connectivity index (χ4n) is 1.20. The molecule has 1 atom stereocenters. The summed E-state index contributed by atoms with van der Waals surface area (Å²) in [5.41, 5.74) is 0.492. The fraction of sp³-hybridized carbons (Fsp3) is 0.500. The number of hydrogen-bond acceptors (Lipinski definition) is 3. The van der Waals surface area contributed by atoms with E-state index in [0.29, 0.717) is 17.9 Å². The second-order valence-corrected chi connectivity index (χ2v) is 8.05. The number of hydrogen-bond donors (Lipinski definition) is 1. The molecule has 0 bridgehead atoms. The zero-order valence-electron chi connectivity index (χ0n) is 10.7. The zero-order chi connectivity index (χ0) is 13.8. The Balaban J connectivity index is 2.46. The number of halogens is 1. The van der Waals surface area contributed by atoms with Gasteiger partial charge in [-0.25, -0.2) is 0 Å². The van der Waals surface area contributed by atoms with Gasteiger partial charge in [0.15, 0.2) is 0 Å². The topological polar surface area (TPSA) is 59.1 Å². The molecule has 0 radical (unpaired) electrons. The van der Waals surface area contributed by atoms with Crippen LogP contribution in [0.5, 0.6) is 0 Å². The minimum absolute atomic E-state index is 0.199. The molecule has 1 aromatic heterocycles. The maximum atomic E-state index is 11.8. The third kappa shape index (κ3) is 4.86. The summed E-state index contributed by atoms with van der Waals surface area (Å²) < 4.78 is 12.3. The van der Waals surface area contributed by atoms with E-state index in [9.17, 15) is 9.00 Å². The molecule has 1 unspecified atom stereocenters. The number of rotatable bonds is 4. The van der Waals surface area contributed by atoms with Crippen molar-refractivity contribution in [1.82, 2.24) is 10.3 Å². The van der Waals surface area contributed by atoms with Crippen LogP contribution in [0.15, 0.2) is 22.9 Å². The van der Waals surface area contributed by atoms with E-state index in [0.717, 1.165) is 4.47 Å². The van der Waals surface area contributed by atoms with E-state index < -0.39 is 10.8 Å². The Hall–Kier alpha value is -0.750. The number of pyridine rings is 1. The predicted octanol–water partition coefficient (Wildman–Crippen LogP) is 2.12. The van der Waals surface area contributed by atoms with E-state index in [1.165, 1.54) is 6.20 Å². The molecule has 0 saturated carbocycles. The lowest BCUT2D eigenvalue weighted by atomic mass is 10.3. The van der Waals surface area contributed by atoms with Crippen molar-refractivity contribution < 1.29 is 9.00 Å². The lowest BCUT2D eigenvalue weighted by Gasteiger charge is -2.17. The van der Waals surface area contributed by atoms with Crippen LogP contribution in [0, 0.1) is 0 Å². The first-order valence-electron chi connectivity index (χ1n) is 5.58. The number of aromatic nitrogens is 1. The first kappa shape index (κ1) is 15.3. The molecule has 0 aromatic carbocycles. The van der Waals surface area contributed by atoms with Gasteiger partial charge in [-0.1, -0.05) is 0 Å². The summed E-state index contributed by atoms with van der Waals surface area (Å²) in [6, 6.07) is 1.70. The molecule has 0 aliphatic carbocycles. The maximum Gasteiger partial charge on any atom is 0.252 e. The Labute approximate surface area is 118 Å². The fourth-order valence-corrected chi connectivity index (χ4v) is 2.47. The van der Waals surface area contributed by atoms with Crippen LogP contribution in [-0.4, -0.2) is 32.1 Å². The molecular weight excluding hydrogens is 316 g/mol. The van der Waals surface area contributed by atoms with Gasteiger partial charge in [-0.15, -0.1) is 0 Å². The third-order valence-corrected chi connectivity index (χ3v) is 4.60. The molecule has 1 aromatic rings. The van der Waals surface area contributed by atoms with Gasteiger partial charge >= 0.3 is 0 Å². The van der Waals surface area contributed by atoms with Crippen molar-refractivity contribution in [2.75, 3.05) is 12.3 Å². The highest BCUT2D eigenvalue weighted by atomic mass is 79.9. The molecule has 0 saturated heterocycles. The number of carbonyl (C=O) groups excluding carboxylic acids is 1. The van der Waals surface area contributed by atoms with Crippen molar-refractivity contribution in [3.63, 3.8) is 0 Å². The summed E-state index contributed by atoms with van der Waals surface area (Å²) >= 11 is 3.26. The van der Waals surface area contributed by atoms with Gasteiger partial charge in [0, 0.05) is 44.7 Å². The summed E-state index contributed by atoms with van der Waals surface area (Å²) in [7, 11) is -0.954. The molecule has 1 heterocycles. The molecule has 0 aliphatic rings. The van der Waals surface area contributed by atoms with Crippen molar-refractivity contribution >= 4 is 32.6 Å². The average molecular weight is 333 g/mol. The Bertz CT molecular complexity index is 458. The van der Waals surface area contributed by atoms with Crippen LogP contribution >= 0.6 is 15.9 Å². The quantitative estimate of drug-likeness (QED) is 0.918. The van der Waals surface area contributed by atoms with Gasteiger partial charge in [-0.05, 0) is 42.8 Å². The van der Waals surface area contributed by atoms with Gasteiger partial charge in [0.25, 0.3) is 5.91 Å². The minimum atomic E-state index is -0.954. The largest absolute Gasteiger partial charge is 0.351 e. The second kappa shape index (κ2) is 6.43. The van der Waals surface area contributed by atoms with Crippen LogP contribution in [0.2, 0.25) is 0 Å². The van der Waals surface area contributed by atoms with Gasteiger partial charge in [-0.3, -0.25) is 14.0 Å². The summed E-state index contributed by atoms with van der Waals surface area (Å²) in [6.07, 6.45) is 3.12. The Morgan fingerprint density at radius 3 is 2.67 bits per heavy atom. The smallest absolute Gasteiger partial charge is 0.252 e. The zero-order valence-corrected chi connectivity index (χ0v) is 13.1. The molecule has 0 spiro atoms. The van der Waals surface area contributed by atoms with Gasteiger partial charge in [0.05, 0.1) is 5.56 Å². The molecule has 1 amide bonds. The molecular formula is C12H17BrN2O2S. The summed E-state index contributed by atoms with van der Waals surface area (Å²) in [4.78, 5) is 15.7. The van der Waals surface area contributed by atoms with Gasteiger partial charge in [-0.2, -0.15) is 0 Å². The first-order chi connectivity index (χ1) is 8.30. The van der Waals surface area contributed by atoms with E-state index in [1.54, 1.807) is 12.3 Å². The number of nitrogens with one attached hydrogen (secondary N) is 1. The molecule has 4 nitrogen and oxygen atoms in total. The molecule has 100 valence electrons. The number of nitrogens with zero attached hydrogens (tertiary/aromatic N) is 1. The van der Waals surface area contributed by atoms with Crippen molar-refractivity contribution in [3.05, 3.63) is 28.5 Å². The van der Waals surface area contributed by atoms with Gasteiger partial charge in [0.2, 0.25) is 0 Å². The van der Waals surface area contributed by atoms with Crippen LogP contribution in [-0.2, 0) is 10.8 Å². The normalized spacial score (nSPS) is 13.1. The molecule has 1 rings (SSSR count). The summed E-state index contributed by atoms with van der Waals surface area (Å²) in [5, 5.41) is 2.74. The lowest BCUT2D eigenvalue weighted by molar-refractivity contribution is 0.0955. The highest BCUT2D eigenvalue weighted by Gasteiger charge is 2.19. The van der Waals surface area contributed by atoms with E-state index in [-0.39, 0.29) is 10.7 Å². The van der Waals surface area contributed by atoms with Crippen molar-refractivity contribution in [2.24, 2.45) is 0 Å². The third-order valence-electron chi connectivity index (χ3n) is 2.22. The Kier molecular flexibility index (Phi) is 5.47. The van der Waals surface area contributed by atoms with E-state index in [4.69, 9.17) is 0 Å². The minimum Gasteiger partial charge on any atom is -0.351 e. The second-order valence-electron chi connectivity index (χ2n) is 4.81. The van der Waals surface area contributed by atoms with Crippen molar-refractivity contribution in [1.29, 1.82) is 0 Å². The highest BCUT2D eigenvalue weighted by Crippen LogP contribution is 2.11. The van der Waals surface area contributed by atoms with Crippen LogP contribution in [0.25, 0.3) is 0 Å². The SMILES string of the molecule is CC(C)(C)S(=O)CCNC(=O)c1cncc(Br)c1. The molecule has 6 heteroatoms. The standard InChI is InChI=1S/C12H17BrN2O2S/c1-12(2,3)18(17)5-4-15-11(16)9-6-10(13)8-14-7-9/h6-8H,4-5H2,1-3H3,(H,15,16). The first-order valence-corrected chi connectivity index (χ1v) is 7.69. The maximum absolute atomic E-state index is 11.8. The number of carbonyl (C=O) groups is 1. The van der Waals surface area contributed by atoms with E-state index in [2.05, 4.69) is 26.2 Å². The monoisotopic (exact) mass is 332 g/mol. The van der Waals surface area contributed by atoms with E-state index in [1.807, 2.05) is 20.8 Å². The lowest BCUT2D eigenvalue weighted by Crippen LogP contribution is -2.32. The molecule has 0 aliphatic heterocycles. The Morgan fingerprint density at radius 1 is 1.44 bits per heavy atom. The highest BCUT2D eigenvalue weighted by molar-refractivity contribution is 9.10. The number of amides is 1. The molecule has 1 N–H and O–H groups in total. The van der Waals surface area contributed by atoms with Crippen LogP contribution < -0.4 is 5.32 Å². The van der Waals surface area contributed by atoms with Crippen LogP contribution in [0.1, 0.15) is 31.1 Å². The van der Waals surface area contributed by atoms with Crippen molar-refractivity contribution in [3.8, 4) is 0 Å². The van der Waals surface area contributed by atoms with Crippen LogP contribution in [0.3, 0.4) is 0 Å².